The second-order valence-corrected chi connectivity index (χ2v) is 7.45. The maximum absolute atomic E-state index is 11.7. The van der Waals surface area contributed by atoms with E-state index in [9.17, 15) is 8.42 Å². The summed E-state index contributed by atoms with van der Waals surface area (Å²) in [6.45, 7) is 5.80. The van der Waals surface area contributed by atoms with Gasteiger partial charge in [0.15, 0.2) is 9.84 Å². The van der Waals surface area contributed by atoms with Gasteiger partial charge in [0, 0.05) is 12.6 Å². The average Bonchev–Trinajstić information content (AvgIpc) is 2.59. The molecule has 0 aromatic heterocycles. The SMILES string of the molecule is CCC(CC)C1NCCOC12CCS(=O)(=O)C2. The highest BCUT2D eigenvalue weighted by Crippen LogP contribution is 2.37. The van der Waals surface area contributed by atoms with Crippen molar-refractivity contribution in [2.45, 2.75) is 44.8 Å². The first-order valence-corrected chi connectivity index (χ1v) is 8.43. The van der Waals surface area contributed by atoms with Gasteiger partial charge in [0.25, 0.3) is 0 Å². The lowest BCUT2D eigenvalue weighted by Crippen LogP contribution is -2.61. The van der Waals surface area contributed by atoms with Crippen LogP contribution in [0.1, 0.15) is 33.1 Å². The van der Waals surface area contributed by atoms with Gasteiger partial charge in [0.1, 0.15) is 0 Å². The first-order chi connectivity index (χ1) is 8.03. The minimum atomic E-state index is -2.90. The summed E-state index contributed by atoms with van der Waals surface area (Å²) in [5, 5.41) is 3.50. The highest BCUT2D eigenvalue weighted by Gasteiger charge is 2.51. The van der Waals surface area contributed by atoms with E-state index in [-0.39, 0.29) is 17.5 Å². The van der Waals surface area contributed by atoms with Gasteiger partial charge in [-0.2, -0.15) is 0 Å². The van der Waals surface area contributed by atoms with E-state index < -0.39 is 15.4 Å². The molecule has 0 aromatic carbocycles. The molecule has 2 aliphatic rings. The minimum absolute atomic E-state index is 0.198. The second-order valence-electron chi connectivity index (χ2n) is 5.26. The van der Waals surface area contributed by atoms with Crippen molar-refractivity contribution in [3.63, 3.8) is 0 Å². The molecule has 0 aromatic rings. The summed E-state index contributed by atoms with van der Waals surface area (Å²) in [5.41, 5.74) is -0.451. The Morgan fingerprint density at radius 1 is 1.41 bits per heavy atom. The first-order valence-electron chi connectivity index (χ1n) is 6.61. The van der Waals surface area contributed by atoms with Crippen LogP contribution in [0, 0.1) is 5.92 Å². The Bertz CT molecular complexity index is 364. The molecule has 0 aliphatic carbocycles. The van der Waals surface area contributed by atoms with Gasteiger partial charge in [0.05, 0.1) is 23.7 Å². The molecule has 2 rings (SSSR count). The number of morpholine rings is 1. The summed E-state index contributed by atoms with van der Waals surface area (Å²) in [4.78, 5) is 0. The van der Waals surface area contributed by atoms with Crippen molar-refractivity contribution in [3.8, 4) is 0 Å². The smallest absolute Gasteiger partial charge is 0.153 e. The van der Waals surface area contributed by atoms with E-state index in [1.807, 2.05) is 0 Å². The maximum atomic E-state index is 11.7. The lowest BCUT2D eigenvalue weighted by Gasteiger charge is -2.44. The summed E-state index contributed by atoms with van der Waals surface area (Å²) in [5.74, 6) is 0.989. The molecule has 17 heavy (non-hydrogen) atoms. The molecule has 5 heteroatoms. The minimum Gasteiger partial charge on any atom is -0.371 e. The Labute approximate surface area is 104 Å². The van der Waals surface area contributed by atoms with Gasteiger partial charge in [0.2, 0.25) is 0 Å². The molecule has 2 fully saturated rings. The van der Waals surface area contributed by atoms with Crippen LogP contribution in [-0.4, -0.2) is 44.7 Å². The van der Waals surface area contributed by atoms with Crippen molar-refractivity contribution in [2.75, 3.05) is 24.7 Å². The van der Waals surface area contributed by atoms with Gasteiger partial charge in [-0.25, -0.2) is 8.42 Å². The third-order valence-electron chi connectivity index (χ3n) is 4.24. The number of hydrogen-bond donors (Lipinski definition) is 1. The first kappa shape index (κ1) is 13.3. The lowest BCUT2D eigenvalue weighted by molar-refractivity contribution is -0.0938. The van der Waals surface area contributed by atoms with Gasteiger partial charge in [-0.1, -0.05) is 26.7 Å². The fourth-order valence-electron chi connectivity index (χ4n) is 3.30. The van der Waals surface area contributed by atoms with Gasteiger partial charge < -0.3 is 10.1 Å². The fraction of sp³-hybridized carbons (Fsp3) is 1.00. The molecule has 2 atom stereocenters. The number of hydrogen-bond acceptors (Lipinski definition) is 4. The Hall–Kier alpha value is -0.130. The Morgan fingerprint density at radius 3 is 2.65 bits per heavy atom. The van der Waals surface area contributed by atoms with Gasteiger partial charge in [-0.15, -0.1) is 0 Å². The normalized spacial score (nSPS) is 36.8. The summed E-state index contributed by atoms with van der Waals surface area (Å²) in [7, 11) is -2.90. The zero-order valence-electron chi connectivity index (χ0n) is 10.7. The van der Waals surface area contributed by atoms with Crippen molar-refractivity contribution in [3.05, 3.63) is 0 Å². The zero-order valence-corrected chi connectivity index (χ0v) is 11.6. The Kier molecular flexibility index (Phi) is 3.80. The van der Waals surface area contributed by atoms with Crippen LogP contribution < -0.4 is 5.32 Å². The van der Waals surface area contributed by atoms with Crippen molar-refractivity contribution in [1.82, 2.24) is 5.32 Å². The van der Waals surface area contributed by atoms with Crippen LogP contribution in [-0.2, 0) is 14.6 Å². The quantitative estimate of drug-likeness (QED) is 0.822. The average molecular weight is 261 g/mol. The van der Waals surface area contributed by atoms with Crippen molar-refractivity contribution >= 4 is 9.84 Å². The van der Waals surface area contributed by atoms with Crippen LogP contribution in [0.15, 0.2) is 0 Å². The van der Waals surface area contributed by atoms with Crippen LogP contribution in [0.4, 0.5) is 0 Å². The molecule has 0 bridgehead atoms. The van der Waals surface area contributed by atoms with E-state index in [4.69, 9.17) is 4.74 Å². The molecule has 2 saturated heterocycles. The van der Waals surface area contributed by atoms with E-state index in [1.165, 1.54) is 0 Å². The molecule has 2 aliphatic heterocycles. The Morgan fingerprint density at radius 2 is 2.12 bits per heavy atom. The summed E-state index contributed by atoms with van der Waals surface area (Å²) in [6.07, 6.45) is 2.79. The summed E-state index contributed by atoms with van der Waals surface area (Å²) >= 11 is 0. The molecule has 2 heterocycles. The third-order valence-corrected chi connectivity index (χ3v) is 6.00. The van der Waals surface area contributed by atoms with Crippen molar-refractivity contribution < 1.29 is 13.2 Å². The van der Waals surface area contributed by atoms with Gasteiger partial charge >= 0.3 is 0 Å². The highest BCUT2D eigenvalue weighted by atomic mass is 32.2. The van der Waals surface area contributed by atoms with E-state index in [1.54, 1.807) is 0 Å². The lowest BCUT2D eigenvalue weighted by atomic mass is 9.80. The monoisotopic (exact) mass is 261 g/mol. The molecule has 0 amide bonds. The molecule has 0 saturated carbocycles. The predicted octanol–water partition coefficient (Wildman–Crippen LogP) is 0.968. The van der Waals surface area contributed by atoms with Crippen LogP contribution in [0.2, 0.25) is 0 Å². The number of nitrogens with one attached hydrogen (secondary N) is 1. The number of sulfone groups is 1. The van der Waals surface area contributed by atoms with Crippen LogP contribution in [0.3, 0.4) is 0 Å². The summed E-state index contributed by atoms with van der Waals surface area (Å²) in [6, 6.07) is 0.198. The van der Waals surface area contributed by atoms with Crippen LogP contribution in [0.25, 0.3) is 0 Å². The van der Waals surface area contributed by atoms with Crippen molar-refractivity contribution in [1.29, 1.82) is 0 Å². The molecule has 4 nitrogen and oxygen atoms in total. The standard InChI is InChI=1S/C12H23NO3S/c1-3-10(4-2)11-12(16-7-6-13-11)5-8-17(14,15)9-12/h10-11,13H,3-9H2,1-2H3. The van der Waals surface area contributed by atoms with E-state index in [0.717, 1.165) is 19.4 Å². The molecular weight excluding hydrogens is 238 g/mol. The largest absolute Gasteiger partial charge is 0.371 e. The maximum Gasteiger partial charge on any atom is 0.153 e. The molecule has 1 N–H and O–H groups in total. The topological polar surface area (TPSA) is 55.4 Å². The zero-order chi connectivity index (χ0) is 12.5. The number of ether oxygens (including phenoxy) is 1. The van der Waals surface area contributed by atoms with Gasteiger partial charge in [-0.3, -0.25) is 0 Å². The molecule has 100 valence electrons. The number of rotatable bonds is 3. The van der Waals surface area contributed by atoms with Crippen LogP contribution >= 0.6 is 0 Å². The molecule has 2 unspecified atom stereocenters. The van der Waals surface area contributed by atoms with E-state index >= 15 is 0 Å². The van der Waals surface area contributed by atoms with Crippen LogP contribution in [0.5, 0.6) is 0 Å². The second kappa shape index (κ2) is 4.86. The van der Waals surface area contributed by atoms with Gasteiger partial charge in [-0.05, 0) is 12.3 Å². The molecule has 0 radical (unpaired) electrons. The summed E-state index contributed by atoms with van der Waals surface area (Å²) < 4.78 is 29.4. The van der Waals surface area contributed by atoms with E-state index in [0.29, 0.717) is 18.9 Å². The molecular formula is C12H23NO3S. The Balaban J connectivity index is 2.23. The predicted molar refractivity (Wildman–Crippen MR) is 67.8 cm³/mol. The highest BCUT2D eigenvalue weighted by molar-refractivity contribution is 7.91. The van der Waals surface area contributed by atoms with Crippen molar-refractivity contribution in [2.24, 2.45) is 5.92 Å². The third kappa shape index (κ3) is 2.51. The fourth-order valence-corrected chi connectivity index (χ4v) is 5.26. The molecule has 1 spiro atoms. The van der Waals surface area contributed by atoms with E-state index in [2.05, 4.69) is 19.2 Å².